The highest BCUT2D eigenvalue weighted by atomic mass is 16.4. The molecule has 3 heterocycles. The molecule has 1 fully saturated rings. The van der Waals surface area contributed by atoms with E-state index in [0.29, 0.717) is 25.8 Å². The SMILES string of the molecule is O=C(O)CCCCC(=O)N1Cc2c(c3cccnc3n2Cc2ccccc2)C2(CC2)C1. The number of benzene rings is 1. The van der Waals surface area contributed by atoms with E-state index in [1.165, 1.54) is 22.2 Å². The molecule has 1 amide bonds. The summed E-state index contributed by atoms with van der Waals surface area (Å²) in [6.45, 7) is 2.09. The van der Waals surface area contributed by atoms with Crippen LogP contribution in [0.4, 0.5) is 0 Å². The van der Waals surface area contributed by atoms with E-state index in [0.717, 1.165) is 31.6 Å². The topological polar surface area (TPSA) is 75.4 Å². The van der Waals surface area contributed by atoms with Gasteiger partial charge in [-0.25, -0.2) is 4.98 Å². The number of pyridine rings is 1. The standard InChI is InChI=1S/C25H27N3O3/c29-21(10-4-5-11-22(30)31)27-16-20-23(25(17-27)12-13-25)19-9-6-14-26-24(19)28(20)15-18-7-2-1-3-8-18/h1-3,6-9,14H,4-5,10-13,15-17H2,(H,30,31). The van der Waals surface area contributed by atoms with Gasteiger partial charge in [0.2, 0.25) is 5.91 Å². The van der Waals surface area contributed by atoms with Crippen molar-refractivity contribution in [2.75, 3.05) is 6.54 Å². The van der Waals surface area contributed by atoms with Gasteiger partial charge in [0.05, 0.1) is 6.54 Å². The second-order valence-electron chi connectivity index (χ2n) is 8.90. The molecule has 1 aromatic carbocycles. The summed E-state index contributed by atoms with van der Waals surface area (Å²) in [5.74, 6) is -0.670. The summed E-state index contributed by atoms with van der Waals surface area (Å²) in [4.78, 5) is 30.5. The largest absolute Gasteiger partial charge is 0.481 e. The van der Waals surface area contributed by atoms with Gasteiger partial charge in [-0.2, -0.15) is 0 Å². The number of hydrogen-bond donors (Lipinski definition) is 1. The van der Waals surface area contributed by atoms with Crippen LogP contribution in [0.15, 0.2) is 48.7 Å². The molecular weight excluding hydrogens is 390 g/mol. The molecule has 2 aliphatic rings. The van der Waals surface area contributed by atoms with Crippen LogP contribution >= 0.6 is 0 Å². The average Bonchev–Trinajstić information content (AvgIpc) is 3.46. The van der Waals surface area contributed by atoms with Crippen molar-refractivity contribution in [2.24, 2.45) is 0 Å². The summed E-state index contributed by atoms with van der Waals surface area (Å²) in [6, 6.07) is 14.6. The van der Waals surface area contributed by atoms with Gasteiger partial charge >= 0.3 is 5.97 Å². The quantitative estimate of drug-likeness (QED) is 0.587. The van der Waals surface area contributed by atoms with Crippen molar-refractivity contribution in [1.29, 1.82) is 0 Å². The minimum Gasteiger partial charge on any atom is -0.481 e. The fourth-order valence-corrected chi connectivity index (χ4v) is 5.04. The molecule has 1 aliphatic heterocycles. The van der Waals surface area contributed by atoms with Crippen molar-refractivity contribution in [3.05, 3.63) is 65.5 Å². The molecule has 31 heavy (non-hydrogen) atoms. The van der Waals surface area contributed by atoms with Crippen LogP contribution in [-0.4, -0.2) is 38.0 Å². The van der Waals surface area contributed by atoms with Crippen LogP contribution in [0, 0.1) is 0 Å². The predicted octanol–water partition coefficient (Wildman–Crippen LogP) is 4.10. The lowest BCUT2D eigenvalue weighted by Crippen LogP contribution is -2.42. The molecule has 0 bridgehead atoms. The fraction of sp³-hybridized carbons (Fsp3) is 0.400. The minimum absolute atomic E-state index is 0.0491. The highest BCUT2D eigenvalue weighted by molar-refractivity contribution is 5.86. The zero-order chi connectivity index (χ0) is 21.4. The van der Waals surface area contributed by atoms with Crippen molar-refractivity contribution in [2.45, 2.75) is 57.0 Å². The Hall–Kier alpha value is -3.15. The molecule has 0 unspecified atom stereocenters. The molecule has 160 valence electrons. The van der Waals surface area contributed by atoms with Crippen LogP contribution in [-0.2, 0) is 28.1 Å². The lowest BCUT2D eigenvalue weighted by atomic mass is 9.89. The maximum absolute atomic E-state index is 13.0. The summed E-state index contributed by atoms with van der Waals surface area (Å²) < 4.78 is 2.30. The highest BCUT2D eigenvalue weighted by Gasteiger charge is 2.52. The van der Waals surface area contributed by atoms with Crippen LogP contribution in [0.1, 0.15) is 55.3 Å². The van der Waals surface area contributed by atoms with E-state index in [1.54, 1.807) is 0 Å². The zero-order valence-corrected chi connectivity index (χ0v) is 17.6. The third-order valence-electron chi connectivity index (χ3n) is 6.71. The van der Waals surface area contributed by atoms with Crippen LogP contribution < -0.4 is 0 Å². The molecule has 6 nitrogen and oxygen atoms in total. The van der Waals surface area contributed by atoms with Crippen molar-refractivity contribution in [3.8, 4) is 0 Å². The van der Waals surface area contributed by atoms with E-state index in [-0.39, 0.29) is 17.7 Å². The Morgan fingerprint density at radius 2 is 1.81 bits per heavy atom. The maximum Gasteiger partial charge on any atom is 0.303 e. The van der Waals surface area contributed by atoms with E-state index in [2.05, 4.69) is 34.9 Å². The fourth-order valence-electron chi connectivity index (χ4n) is 5.04. The van der Waals surface area contributed by atoms with Gasteiger partial charge in [0, 0.05) is 48.6 Å². The smallest absolute Gasteiger partial charge is 0.303 e. The molecule has 1 spiro atoms. The molecule has 1 N–H and O–H groups in total. The number of aromatic nitrogens is 2. The first-order valence-corrected chi connectivity index (χ1v) is 11.1. The van der Waals surface area contributed by atoms with Gasteiger partial charge in [0.15, 0.2) is 0 Å². The number of carbonyl (C=O) groups is 2. The van der Waals surface area contributed by atoms with Gasteiger partial charge in [-0.3, -0.25) is 9.59 Å². The Labute approximate surface area is 181 Å². The van der Waals surface area contributed by atoms with Crippen molar-refractivity contribution in [1.82, 2.24) is 14.5 Å². The van der Waals surface area contributed by atoms with Crippen LogP contribution in [0.2, 0.25) is 0 Å². The molecule has 1 saturated carbocycles. The van der Waals surface area contributed by atoms with Gasteiger partial charge in [0.25, 0.3) is 0 Å². The van der Waals surface area contributed by atoms with Gasteiger partial charge in [-0.15, -0.1) is 0 Å². The van der Waals surface area contributed by atoms with Gasteiger partial charge in [-0.1, -0.05) is 30.3 Å². The average molecular weight is 418 g/mol. The Bertz CT molecular complexity index is 1130. The second kappa shape index (κ2) is 7.84. The first-order valence-electron chi connectivity index (χ1n) is 11.1. The number of carboxylic acid groups (broad SMARTS) is 1. The van der Waals surface area contributed by atoms with E-state index in [4.69, 9.17) is 10.1 Å². The van der Waals surface area contributed by atoms with Crippen LogP contribution in [0.3, 0.4) is 0 Å². The molecule has 6 heteroatoms. The summed E-state index contributed by atoms with van der Waals surface area (Å²) in [5, 5.41) is 10.1. The van der Waals surface area contributed by atoms with Crippen molar-refractivity contribution >= 4 is 22.9 Å². The Balaban J connectivity index is 1.47. The molecule has 0 radical (unpaired) electrons. The lowest BCUT2D eigenvalue weighted by molar-refractivity contribution is -0.137. The van der Waals surface area contributed by atoms with Crippen molar-refractivity contribution < 1.29 is 14.7 Å². The van der Waals surface area contributed by atoms with Gasteiger partial charge in [0.1, 0.15) is 5.65 Å². The number of carboxylic acids is 1. The Morgan fingerprint density at radius 3 is 2.55 bits per heavy atom. The monoisotopic (exact) mass is 417 g/mol. The van der Waals surface area contributed by atoms with E-state index < -0.39 is 5.97 Å². The number of nitrogens with zero attached hydrogens (tertiary/aromatic N) is 3. The molecule has 5 rings (SSSR count). The van der Waals surface area contributed by atoms with Gasteiger partial charge < -0.3 is 14.6 Å². The number of fused-ring (bicyclic) bond motifs is 4. The maximum atomic E-state index is 13.0. The van der Waals surface area contributed by atoms with Crippen LogP contribution in [0.5, 0.6) is 0 Å². The highest BCUT2D eigenvalue weighted by Crippen LogP contribution is 2.55. The first-order chi connectivity index (χ1) is 15.1. The summed E-state index contributed by atoms with van der Waals surface area (Å²) >= 11 is 0. The number of amides is 1. The number of aliphatic carboxylic acids is 1. The summed E-state index contributed by atoms with van der Waals surface area (Å²) in [5.41, 5.74) is 4.86. The normalized spacial score (nSPS) is 16.5. The third kappa shape index (κ3) is 3.71. The summed E-state index contributed by atoms with van der Waals surface area (Å²) in [6.07, 6.45) is 5.75. The van der Waals surface area contributed by atoms with E-state index in [9.17, 15) is 9.59 Å². The number of unbranched alkanes of at least 4 members (excludes halogenated alkanes) is 1. The van der Waals surface area contributed by atoms with Gasteiger partial charge in [-0.05, 0) is 48.9 Å². The first kappa shape index (κ1) is 19.8. The predicted molar refractivity (Wildman–Crippen MR) is 118 cm³/mol. The number of hydrogen-bond acceptors (Lipinski definition) is 3. The zero-order valence-electron chi connectivity index (χ0n) is 17.6. The Kier molecular flexibility index (Phi) is 5.00. The molecule has 3 aromatic rings. The molecule has 0 atom stereocenters. The number of carbonyl (C=O) groups excluding carboxylic acids is 1. The third-order valence-corrected chi connectivity index (χ3v) is 6.71. The summed E-state index contributed by atoms with van der Waals surface area (Å²) in [7, 11) is 0. The lowest BCUT2D eigenvalue weighted by Gasteiger charge is -2.34. The second-order valence-corrected chi connectivity index (χ2v) is 8.90. The van der Waals surface area contributed by atoms with Crippen LogP contribution in [0.25, 0.3) is 11.0 Å². The van der Waals surface area contributed by atoms with Crippen molar-refractivity contribution in [3.63, 3.8) is 0 Å². The Morgan fingerprint density at radius 1 is 1.03 bits per heavy atom. The molecule has 2 aromatic heterocycles. The van der Waals surface area contributed by atoms with E-state index >= 15 is 0 Å². The molecule has 0 saturated heterocycles. The molecule has 1 aliphatic carbocycles. The van der Waals surface area contributed by atoms with E-state index in [1.807, 2.05) is 23.2 Å². The molecular formula is C25H27N3O3. The number of rotatable bonds is 7. The minimum atomic E-state index is -0.801.